The van der Waals surface area contributed by atoms with Crippen LogP contribution in [0.2, 0.25) is 5.02 Å². The Kier molecular flexibility index (Phi) is 5.31. The lowest BCUT2D eigenvalue weighted by Crippen LogP contribution is -2.11. The molecular formula is C18H19ClO4S. The van der Waals surface area contributed by atoms with Gasteiger partial charge in [-0.25, -0.2) is 8.42 Å². The van der Waals surface area contributed by atoms with Crippen molar-refractivity contribution in [1.29, 1.82) is 0 Å². The van der Waals surface area contributed by atoms with Crippen LogP contribution >= 0.6 is 11.6 Å². The summed E-state index contributed by atoms with van der Waals surface area (Å²) in [7, 11) is -3.24. The van der Waals surface area contributed by atoms with E-state index in [0.717, 1.165) is 12.0 Å². The molecule has 2 aromatic rings. The van der Waals surface area contributed by atoms with Gasteiger partial charge in [-0.05, 0) is 29.7 Å². The van der Waals surface area contributed by atoms with Crippen molar-refractivity contribution in [3.05, 3.63) is 58.6 Å². The van der Waals surface area contributed by atoms with E-state index in [2.05, 4.69) is 0 Å². The minimum Gasteiger partial charge on any atom is -0.489 e. The van der Waals surface area contributed by atoms with Crippen molar-refractivity contribution >= 4 is 21.4 Å². The number of hydrogen-bond donors (Lipinski definition) is 0. The van der Waals surface area contributed by atoms with Crippen molar-refractivity contribution in [3.8, 4) is 11.5 Å². The monoisotopic (exact) mass is 366 g/mol. The van der Waals surface area contributed by atoms with E-state index < -0.39 is 9.84 Å². The summed E-state index contributed by atoms with van der Waals surface area (Å²) in [6, 6.07) is 13.0. The van der Waals surface area contributed by atoms with Crippen LogP contribution in [0.15, 0.2) is 42.5 Å². The van der Waals surface area contributed by atoms with E-state index in [-0.39, 0.29) is 11.5 Å². The molecule has 0 amide bonds. The molecule has 0 aromatic heterocycles. The molecule has 0 N–H and O–H groups in total. The molecular weight excluding hydrogens is 348 g/mol. The van der Waals surface area contributed by atoms with E-state index in [1.807, 2.05) is 30.3 Å². The number of rotatable bonds is 5. The van der Waals surface area contributed by atoms with Gasteiger partial charge in [0.25, 0.3) is 0 Å². The summed E-state index contributed by atoms with van der Waals surface area (Å²) in [6.45, 7) is 1.08. The predicted molar refractivity (Wildman–Crippen MR) is 94.7 cm³/mol. The Balaban J connectivity index is 1.72. The maximum absolute atomic E-state index is 12.4. The van der Waals surface area contributed by atoms with Gasteiger partial charge in [0, 0.05) is 6.42 Å². The maximum Gasteiger partial charge on any atom is 0.179 e. The summed E-state index contributed by atoms with van der Waals surface area (Å²) in [5.41, 5.74) is 1.63. The van der Waals surface area contributed by atoms with Gasteiger partial charge in [0.15, 0.2) is 21.3 Å². The van der Waals surface area contributed by atoms with Gasteiger partial charge >= 0.3 is 0 Å². The maximum atomic E-state index is 12.4. The average molecular weight is 367 g/mol. The highest BCUT2D eigenvalue weighted by Crippen LogP contribution is 2.38. The lowest BCUT2D eigenvalue weighted by atomic mass is 10.2. The molecule has 2 aromatic carbocycles. The normalized spacial score (nSPS) is 14.2. The minimum atomic E-state index is -3.24. The number of fused-ring (bicyclic) bond motifs is 1. The smallest absolute Gasteiger partial charge is 0.179 e. The second-order valence-corrected chi connectivity index (χ2v) is 8.37. The highest BCUT2D eigenvalue weighted by atomic mass is 35.5. The number of benzene rings is 2. The first kappa shape index (κ1) is 17.1. The van der Waals surface area contributed by atoms with E-state index in [1.165, 1.54) is 0 Å². The molecule has 0 unspecified atom stereocenters. The second kappa shape index (κ2) is 7.45. The van der Waals surface area contributed by atoms with Gasteiger partial charge in [-0.15, -0.1) is 0 Å². The van der Waals surface area contributed by atoms with Crippen molar-refractivity contribution < 1.29 is 17.9 Å². The third kappa shape index (κ3) is 4.42. The van der Waals surface area contributed by atoms with Crippen molar-refractivity contribution in [2.75, 3.05) is 19.0 Å². The predicted octanol–water partition coefficient (Wildman–Crippen LogP) is 3.66. The second-order valence-electron chi connectivity index (χ2n) is 5.78. The van der Waals surface area contributed by atoms with E-state index in [0.29, 0.717) is 41.7 Å². The molecule has 1 aliphatic heterocycles. The first-order valence-corrected chi connectivity index (χ1v) is 10.1. The van der Waals surface area contributed by atoms with Crippen LogP contribution in [0.3, 0.4) is 0 Å². The molecule has 128 valence electrons. The molecule has 0 bridgehead atoms. The van der Waals surface area contributed by atoms with Crippen molar-refractivity contribution in [3.63, 3.8) is 0 Å². The molecule has 0 aliphatic carbocycles. The molecule has 3 rings (SSSR count). The van der Waals surface area contributed by atoms with Crippen molar-refractivity contribution in [1.82, 2.24) is 0 Å². The largest absolute Gasteiger partial charge is 0.489 e. The number of sulfone groups is 1. The molecule has 0 fully saturated rings. The van der Waals surface area contributed by atoms with Crippen LogP contribution in [-0.4, -0.2) is 27.4 Å². The Hall–Kier alpha value is -1.72. The van der Waals surface area contributed by atoms with Gasteiger partial charge in [-0.3, -0.25) is 0 Å². The minimum absolute atomic E-state index is 0.0593. The number of halogens is 1. The quantitative estimate of drug-likeness (QED) is 0.810. The van der Waals surface area contributed by atoms with E-state index >= 15 is 0 Å². The summed E-state index contributed by atoms with van der Waals surface area (Å²) in [5, 5.41) is 0.391. The van der Waals surface area contributed by atoms with Crippen molar-refractivity contribution in [2.45, 2.75) is 18.6 Å². The fourth-order valence-corrected chi connectivity index (χ4v) is 4.27. The third-order valence-electron chi connectivity index (χ3n) is 3.79. The van der Waals surface area contributed by atoms with Crippen LogP contribution in [0.25, 0.3) is 0 Å². The van der Waals surface area contributed by atoms with Gasteiger partial charge in [-0.1, -0.05) is 41.9 Å². The zero-order valence-electron chi connectivity index (χ0n) is 13.2. The lowest BCUT2D eigenvalue weighted by molar-refractivity contribution is 0.297. The Morgan fingerprint density at radius 3 is 2.54 bits per heavy atom. The average Bonchev–Trinajstić information content (AvgIpc) is 2.79. The van der Waals surface area contributed by atoms with Crippen LogP contribution in [0, 0.1) is 0 Å². The summed E-state index contributed by atoms with van der Waals surface area (Å²) in [6.07, 6.45) is 1.27. The highest BCUT2D eigenvalue weighted by Gasteiger charge is 2.19. The molecule has 4 nitrogen and oxygen atoms in total. The molecule has 0 saturated heterocycles. The van der Waals surface area contributed by atoms with Gasteiger partial charge < -0.3 is 9.47 Å². The zero-order chi connectivity index (χ0) is 17.0. The highest BCUT2D eigenvalue weighted by molar-refractivity contribution is 7.90. The molecule has 6 heteroatoms. The molecule has 0 radical (unpaired) electrons. The molecule has 0 saturated carbocycles. The van der Waals surface area contributed by atoms with Gasteiger partial charge in [0.05, 0.1) is 29.7 Å². The Morgan fingerprint density at radius 1 is 1.00 bits per heavy atom. The van der Waals surface area contributed by atoms with E-state index in [1.54, 1.807) is 12.1 Å². The lowest BCUT2D eigenvalue weighted by Gasteiger charge is -2.12. The molecule has 1 heterocycles. The number of ether oxygens (including phenoxy) is 2. The van der Waals surface area contributed by atoms with Gasteiger partial charge in [-0.2, -0.15) is 0 Å². The van der Waals surface area contributed by atoms with Crippen LogP contribution in [0.1, 0.15) is 17.5 Å². The first-order chi connectivity index (χ1) is 11.5. The molecule has 1 aliphatic rings. The van der Waals surface area contributed by atoms with E-state index in [4.69, 9.17) is 21.1 Å². The molecule has 24 heavy (non-hydrogen) atoms. The fraction of sp³-hybridized carbons (Fsp3) is 0.333. The first-order valence-electron chi connectivity index (χ1n) is 7.86. The summed E-state index contributed by atoms with van der Waals surface area (Å²) < 4.78 is 36.0. The molecule has 0 atom stereocenters. The number of hydrogen-bond acceptors (Lipinski definition) is 4. The Bertz CT molecular complexity index is 803. The zero-order valence-corrected chi connectivity index (χ0v) is 14.8. The standard InChI is InChI=1S/C18H19ClO4S/c19-16-11-15(12-17-18(16)23-9-4-8-22-17)13-24(20,21)10-7-14-5-2-1-3-6-14/h1-3,5-6,11-12H,4,7-10,13H2. The summed E-state index contributed by atoms with van der Waals surface area (Å²) in [5.74, 6) is 1.06. The molecule has 0 spiro atoms. The van der Waals surface area contributed by atoms with Crippen LogP contribution in [0.5, 0.6) is 11.5 Å². The summed E-state index contributed by atoms with van der Waals surface area (Å²) >= 11 is 6.22. The van der Waals surface area contributed by atoms with E-state index in [9.17, 15) is 8.42 Å². The van der Waals surface area contributed by atoms with Gasteiger partial charge in [0.1, 0.15) is 0 Å². The van der Waals surface area contributed by atoms with Crippen molar-refractivity contribution in [2.24, 2.45) is 0 Å². The third-order valence-corrected chi connectivity index (χ3v) is 5.67. The number of aryl methyl sites for hydroxylation is 1. The van der Waals surface area contributed by atoms with Crippen LogP contribution in [-0.2, 0) is 22.0 Å². The topological polar surface area (TPSA) is 52.6 Å². The Labute approximate surface area is 147 Å². The Morgan fingerprint density at radius 2 is 1.75 bits per heavy atom. The van der Waals surface area contributed by atoms with Crippen LogP contribution in [0.4, 0.5) is 0 Å². The summed E-state index contributed by atoms with van der Waals surface area (Å²) in [4.78, 5) is 0. The van der Waals surface area contributed by atoms with Crippen LogP contribution < -0.4 is 9.47 Å². The fourth-order valence-electron chi connectivity index (χ4n) is 2.61. The SMILES string of the molecule is O=S(=O)(CCc1ccccc1)Cc1cc(Cl)c2c(c1)OCCCO2. The van der Waals surface area contributed by atoms with Gasteiger partial charge in [0.2, 0.25) is 0 Å².